The Balaban J connectivity index is 2.16. The smallest absolute Gasteiger partial charge is 0.421 e. The number of para-hydroxylation sites is 1. The molecule has 2 rings (SSSR count). The van der Waals surface area contributed by atoms with E-state index in [4.69, 9.17) is 10.5 Å². The molecular formula is C19H21N3O4. The summed E-state index contributed by atoms with van der Waals surface area (Å²) in [6.45, 7) is 1.26. The molecule has 0 fully saturated rings. The van der Waals surface area contributed by atoms with E-state index in [1.54, 1.807) is 30.3 Å². The van der Waals surface area contributed by atoms with Gasteiger partial charge in [0.25, 0.3) is 5.91 Å². The van der Waals surface area contributed by atoms with Crippen molar-refractivity contribution in [3.05, 3.63) is 66.2 Å². The number of ether oxygens (including phenoxy) is 1. The number of benzene rings is 2. The number of nitrogens with one attached hydrogen (secondary N) is 1. The van der Waals surface area contributed by atoms with Crippen LogP contribution < -0.4 is 16.0 Å². The van der Waals surface area contributed by atoms with E-state index in [1.165, 1.54) is 6.92 Å². The Labute approximate surface area is 151 Å². The third kappa shape index (κ3) is 5.15. The minimum atomic E-state index is -0.935. The molecule has 0 bridgehead atoms. The van der Waals surface area contributed by atoms with Crippen molar-refractivity contribution in [2.75, 3.05) is 11.4 Å². The lowest BCUT2D eigenvalue weighted by Gasteiger charge is -2.24. The van der Waals surface area contributed by atoms with E-state index in [9.17, 15) is 14.4 Å². The van der Waals surface area contributed by atoms with Gasteiger partial charge in [0.2, 0.25) is 5.91 Å². The monoisotopic (exact) mass is 355 g/mol. The number of rotatable bonds is 6. The van der Waals surface area contributed by atoms with E-state index in [-0.39, 0.29) is 13.2 Å². The first kappa shape index (κ1) is 19.1. The molecular weight excluding hydrogens is 334 g/mol. The fourth-order valence-corrected chi connectivity index (χ4v) is 2.24. The van der Waals surface area contributed by atoms with Gasteiger partial charge in [-0.25, -0.2) is 9.69 Å². The number of nitrogens with zero attached hydrogens (tertiary/aromatic N) is 1. The predicted octanol–water partition coefficient (Wildman–Crippen LogP) is 1.82. The summed E-state index contributed by atoms with van der Waals surface area (Å²) in [5.74, 6) is -1.10. The van der Waals surface area contributed by atoms with Crippen molar-refractivity contribution in [1.82, 2.24) is 5.32 Å². The van der Waals surface area contributed by atoms with Crippen LogP contribution in [0.5, 0.6) is 0 Å². The fraction of sp³-hybridized carbons (Fsp3) is 0.211. The van der Waals surface area contributed by atoms with Gasteiger partial charge in [0.05, 0.1) is 12.2 Å². The summed E-state index contributed by atoms with van der Waals surface area (Å²) >= 11 is 0. The van der Waals surface area contributed by atoms with Crippen LogP contribution in [-0.2, 0) is 20.9 Å². The first-order valence-electron chi connectivity index (χ1n) is 8.12. The number of amides is 3. The maximum Gasteiger partial charge on any atom is 0.421 e. The average Bonchev–Trinajstić information content (AvgIpc) is 2.68. The van der Waals surface area contributed by atoms with E-state index < -0.39 is 23.9 Å². The van der Waals surface area contributed by atoms with Crippen LogP contribution >= 0.6 is 0 Å². The molecule has 0 radical (unpaired) electrons. The molecule has 3 N–H and O–H groups in total. The van der Waals surface area contributed by atoms with Crippen LogP contribution in [-0.4, -0.2) is 30.5 Å². The SMILES string of the molecule is C[C@H](NC(=O)CN)C(=O)N(C(=O)OCc1ccccc1)c1ccccc1. The summed E-state index contributed by atoms with van der Waals surface area (Å²) in [4.78, 5) is 37.6. The van der Waals surface area contributed by atoms with Gasteiger partial charge in [0.1, 0.15) is 12.6 Å². The molecule has 26 heavy (non-hydrogen) atoms. The number of carbonyl (C=O) groups is 3. The molecule has 0 saturated carbocycles. The highest BCUT2D eigenvalue weighted by atomic mass is 16.6. The molecule has 136 valence electrons. The summed E-state index contributed by atoms with van der Waals surface area (Å²) in [7, 11) is 0. The Bertz CT molecular complexity index is 750. The van der Waals surface area contributed by atoms with Gasteiger partial charge in [0.15, 0.2) is 0 Å². The van der Waals surface area contributed by atoms with Crippen molar-refractivity contribution in [2.24, 2.45) is 5.73 Å². The third-order valence-corrected chi connectivity index (χ3v) is 3.56. The molecule has 2 aromatic carbocycles. The van der Waals surface area contributed by atoms with Crippen LogP contribution in [0.4, 0.5) is 10.5 Å². The minimum Gasteiger partial charge on any atom is -0.444 e. The molecule has 0 saturated heterocycles. The van der Waals surface area contributed by atoms with Crippen LogP contribution in [0.2, 0.25) is 0 Å². The molecule has 7 nitrogen and oxygen atoms in total. The molecule has 7 heteroatoms. The highest BCUT2D eigenvalue weighted by molar-refractivity contribution is 6.14. The standard InChI is InChI=1S/C19H21N3O4/c1-14(21-17(23)12-20)18(24)22(16-10-6-3-7-11-16)19(25)26-13-15-8-4-2-5-9-15/h2-11,14H,12-13,20H2,1H3,(H,21,23)/t14-/m0/s1. The molecule has 3 amide bonds. The number of carbonyl (C=O) groups excluding carboxylic acids is 3. The summed E-state index contributed by atoms with van der Waals surface area (Å²) in [5, 5.41) is 2.45. The van der Waals surface area contributed by atoms with Crippen molar-refractivity contribution < 1.29 is 19.1 Å². The second-order valence-electron chi connectivity index (χ2n) is 5.54. The van der Waals surface area contributed by atoms with Crippen LogP contribution in [0.25, 0.3) is 0 Å². The first-order chi connectivity index (χ1) is 12.5. The summed E-state index contributed by atoms with van der Waals surface area (Å²) in [5.41, 5.74) is 6.40. The maximum absolute atomic E-state index is 12.7. The normalized spacial score (nSPS) is 11.3. The van der Waals surface area contributed by atoms with Crippen LogP contribution in [0.1, 0.15) is 12.5 Å². The Hall–Kier alpha value is -3.19. The summed E-state index contributed by atoms with van der Waals surface area (Å²) < 4.78 is 5.28. The maximum atomic E-state index is 12.7. The lowest BCUT2D eigenvalue weighted by Crippen LogP contribution is -2.50. The van der Waals surface area contributed by atoms with Crippen molar-refractivity contribution >= 4 is 23.6 Å². The largest absolute Gasteiger partial charge is 0.444 e. The van der Waals surface area contributed by atoms with Crippen LogP contribution in [0, 0.1) is 0 Å². The van der Waals surface area contributed by atoms with Gasteiger partial charge in [-0.1, -0.05) is 48.5 Å². The van der Waals surface area contributed by atoms with Crippen molar-refractivity contribution in [3.63, 3.8) is 0 Å². The number of hydrogen-bond donors (Lipinski definition) is 2. The van der Waals surface area contributed by atoms with Gasteiger partial charge < -0.3 is 15.8 Å². The lowest BCUT2D eigenvalue weighted by atomic mass is 10.2. The third-order valence-electron chi connectivity index (χ3n) is 3.56. The highest BCUT2D eigenvalue weighted by Gasteiger charge is 2.29. The van der Waals surface area contributed by atoms with Gasteiger partial charge in [-0.15, -0.1) is 0 Å². The quantitative estimate of drug-likeness (QED) is 0.823. The van der Waals surface area contributed by atoms with Gasteiger partial charge in [-0.3, -0.25) is 9.59 Å². The van der Waals surface area contributed by atoms with Crippen LogP contribution in [0.3, 0.4) is 0 Å². The molecule has 0 unspecified atom stereocenters. The van der Waals surface area contributed by atoms with E-state index in [2.05, 4.69) is 5.32 Å². The van der Waals surface area contributed by atoms with E-state index in [1.807, 2.05) is 30.3 Å². The van der Waals surface area contributed by atoms with E-state index in [0.29, 0.717) is 5.69 Å². The molecule has 0 aliphatic carbocycles. The molecule has 1 atom stereocenters. The second kappa shape index (κ2) is 9.33. The van der Waals surface area contributed by atoms with E-state index in [0.717, 1.165) is 10.5 Å². The van der Waals surface area contributed by atoms with Crippen molar-refractivity contribution in [2.45, 2.75) is 19.6 Å². The van der Waals surface area contributed by atoms with Gasteiger partial charge in [-0.05, 0) is 24.6 Å². The average molecular weight is 355 g/mol. The number of imide groups is 1. The van der Waals surface area contributed by atoms with Crippen molar-refractivity contribution in [3.8, 4) is 0 Å². The zero-order valence-electron chi connectivity index (χ0n) is 14.4. The lowest BCUT2D eigenvalue weighted by molar-refractivity contribution is -0.126. The zero-order chi connectivity index (χ0) is 18.9. The highest BCUT2D eigenvalue weighted by Crippen LogP contribution is 2.17. The first-order valence-corrected chi connectivity index (χ1v) is 8.12. The van der Waals surface area contributed by atoms with Gasteiger partial charge in [0, 0.05) is 0 Å². The number of nitrogens with two attached hydrogens (primary N) is 1. The number of anilines is 1. The summed E-state index contributed by atoms with van der Waals surface area (Å²) in [6, 6.07) is 16.6. The molecule has 0 spiro atoms. The molecule has 0 aromatic heterocycles. The molecule has 0 heterocycles. The van der Waals surface area contributed by atoms with Crippen molar-refractivity contribution in [1.29, 1.82) is 0 Å². The predicted molar refractivity (Wildman–Crippen MR) is 97.2 cm³/mol. The Morgan fingerprint density at radius 1 is 1.04 bits per heavy atom. The Kier molecular flexibility index (Phi) is 6.87. The fourth-order valence-electron chi connectivity index (χ4n) is 2.24. The Morgan fingerprint density at radius 2 is 1.62 bits per heavy atom. The van der Waals surface area contributed by atoms with Gasteiger partial charge in [-0.2, -0.15) is 0 Å². The zero-order valence-corrected chi connectivity index (χ0v) is 14.4. The second-order valence-corrected chi connectivity index (χ2v) is 5.54. The van der Waals surface area contributed by atoms with Gasteiger partial charge >= 0.3 is 6.09 Å². The molecule has 2 aromatic rings. The van der Waals surface area contributed by atoms with E-state index >= 15 is 0 Å². The minimum absolute atomic E-state index is 0.0276. The van der Waals surface area contributed by atoms with Crippen LogP contribution in [0.15, 0.2) is 60.7 Å². The molecule has 0 aliphatic rings. The summed E-state index contributed by atoms with van der Waals surface area (Å²) in [6.07, 6.45) is -0.820. The Morgan fingerprint density at radius 3 is 2.19 bits per heavy atom. The topological polar surface area (TPSA) is 102 Å². The molecule has 0 aliphatic heterocycles. The number of hydrogen-bond acceptors (Lipinski definition) is 5.